The summed E-state index contributed by atoms with van der Waals surface area (Å²) >= 11 is 11.4. The van der Waals surface area contributed by atoms with Crippen LogP contribution in [0, 0.1) is 0 Å². The van der Waals surface area contributed by atoms with Gasteiger partial charge in [0.25, 0.3) is 0 Å². The van der Waals surface area contributed by atoms with Gasteiger partial charge in [-0.3, -0.25) is 0 Å². The third-order valence-electron chi connectivity index (χ3n) is 2.13. The maximum Gasteiger partial charge on any atom is 0.240 e. The highest BCUT2D eigenvalue weighted by Gasteiger charge is 2.13. The highest BCUT2D eigenvalue weighted by molar-refractivity contribution is 7.89. The summed E-state index contributed by atoms with van der Waals surface area (Å²) in [6.45, 7) is 0. The molecule has 0 saturated carbocycles. The Balaban J connectivity index is 2.70. The van der Waals surface area contributed by atoms with Crippen LogP contribution in [0.4, 0.5) is 0 Å². The zero-order valence-corrected chi connectivity index (χ0v) is 10.9. The third-order valence-corrected chi connectivity index (χ3v) is 4.17. The summed E-state index contributed by atoms with van der Waals surface area (Å²) in [5, 5.41) is 0.126. The molecule has 90 valence electrons. The molecule has 2 rings (SSSR count). The standard InChI is InChI=1S/C9H7Cl2N3O2S/c1-12-17(15,16)5-2-3-6-7(4-5)14-9(11)8(10)13-6/h2-4,12H,1H3. The van der Waals surface area contributed by atoms with Crippen molar-refractivity contribution in [2.75, 3.05) is 7.05 Å². The Hall–Kier alpha value is -0.950. The molecule has 1 heterocycles. The van der Waals surface area contributed by atoms with Gasteiger partial charge in [0, 0.05) is 0 Å². The molecule has 1 N–H and O–H groups in total. The summed E-state index contributed by atoms with van der Waals surface area (Å²) in [6, 6.07) is 4.33. The van der Waals surface area contributed by atoms with Crippen LogP contribution in [0.25, 0.3) is 11.0 Å². The first-order chi connectivity index (χ1) is 7.94. The van der Waals surface area contributed by atoms with Crippen molar-refractivity contribution in [1.82, 2.24) is 14.7 Å². The van der Waals surface area contributed by atoms with Gasteiger partial charge in [-0.2, -0.15) is 0 Å². The molecule has 1 aromatic heterocycles. The van der Waals surface area contributed by atoms with E-state index in [2.05, 4.69) is 14.7 Å². The molecule has 0 saturated heterocycles. The highest BCUT2D eigenvalue weighted by Crippen LogP contribution is 2.22. The van der Waals surface area contributed by atoms with E-state index in [4.69, 9.17) is 23.2 Å². The molecule has 2 aromatic rings. The molecule has 0 atom stereocenters. The lowest BCUT2D eigenvalue weighted by atomic mass is 10.3. The Labute approximate surface area is 108 Å². The molecule has 8 heteroatoms. The maximum atomic E-state index is 11.6. The van der Waals surface area contributed by atoms with Crippen molar-refractivity contribution in [2.45, 2.75) is 4.90 Å². The quantitative estimate of drug-likeness (QED) is 0.916. The van der Waals surface area contributed by atoms with Crippen LogP contribution < -0.4 is 4.72 Å². The van der Waals surface area contributed by atoms with Crippen LogP contribution in [0.1, 0.15) is 0 Å². The topological polar surface area (TPSA) is 72.0 Å². The van der Waals surface area contributed by atoms with Crippen LogP contribution >= 0.6 is 23.2 Å². The zero-order chi connectivity index (χ0) is 12.6. The summed E-state index contributed by atoms with van der Waals surface area (Å²) in [5.74, 6) is 0. The Bertz CT molecular complexity index is 688. The van der Waals surface area contributed by atoms with E-state index in [0.717, 1.165) is 0 Å². The Morgan fingerprint density at radius 3 is 2.29 bits per heavy atom. The zero-order valence-electron chi connectivity index (χ0n) is 8.61. The van der Waals surface area contributed by atoms with E-state index in [1.807, 2.05) is 0 Å². The van der Waals surface area contributed by atoms with Gasteiger partial charge in [0.05, 0.1) is 15.9 Å². The van der Waals surface area contributed by atoms with Crippen LogP contribution in [0.3, 0.4) is 0 Å². The molecule has 5 nitrogen and oxygen atoms in total. The molecular weight excluding hydrogens is 285 g/mol. The predicted molar refractivity (Wildman–Crippen MR) is 65.8 cm³/mol. The molecule has 0 aliphatic rings. The molecule has 0 radical (unpaired) electrons. The maximum absolute atomic E-state index is 11.6. The average molecular weight is 292 g/mol. The van der Waals surface area contributed by atoms with Crippen molar-refractivity contribution in [2.24, 2.45) is 0 Å². The summed E-state index contributed by atoms with van der Waals surface area (Å²) < 4.78 is 25.4. The van der Waals surface area contributed by atoms with Crippen LogP contribution in [0.5, 0.6) is 0 Å². The monoisotopic (exact) mass is 291 g/mol. The Morgan fingerprint density at radius 1 is 1.12 bits per heavy atom. The van der Waals surface area contributed by atoms with Gasteiger partial charge in [0.15, 0.2) is 10.3 Å². The molecule has 0 fully saturated rings. The number of nitrogens with zero attached hydrogens (tertiary/aromatic N) is 2. The number of sulfonamides is 1. The number of rotatable bonds is 2. The van der Waals surface area contributed by atoms with E-state index in [0.29, 0.717) is 11.0 Å². The largest absolute Gasteiger partial charge is 0.240 e. The lowest BCUT2D eigenvalue weighted by molar-refractivity contribution is 0.588. The lowest BCUT2D eigenvalue weighted by Crippen LogP contribution is -2.18. The van der Waals surface area contributed by atoms with E-state index in [1.54, 1.807) is 0 Å². The van der Waals surface area contributed by atoms with Gasteiger partial charge in [-0.05, 0) is 25.2 Å². The molecule has 0 spiro atoms. The number of hydrogen-bond donors (Lipinski definition) is 1. The summed E-state index contributed by atoms with van der Waals surface area (Å²) in [4.78, 5) is 8.04. The van der Waals surface area contributed by atoms with Crippen molar-refractivity contribution in [3.8, 4) is 0 Å². The molecule has 0 unspecified atom stereocenters. The normalized spacial score (nSPS) is 11.9. The minimum atomic E-state index is -3.51. The Kier molecular flexibility index (Phi) is 3.22. The molecule has 0 amide bonds. The van der Waals surface area contributed by atoms with Crippen LogP contribution in [0.2, 0.25) is 10.3 Å². The summed E-state index contributed by atoms with van der Waals surface area (Å²) in [7, 11) is -2.17. The van der Waals surface area contributed by atoms with Crippen LogP contribution in [0.15, 0.2) is 23.1 Å². The van der Waals surface area contributed by atoms with Crippen molar-refractivity contribution < 1.29 is 8.42 Å². The summed E-state index contributed by atoms with van der Waals surface area (Å²) in [6.07, 6.45) is 0. The molecule has 0 bridgehead atoms. The number of nitrogens with one attached hydrogen (secondary N) is 1. The third kappa shape index (κ3) is 2.35. The molecule has 0 aliphatic heterocycles. The summed E-state index contributed by atoms with van der Waals surface area (Å²) in [5.41, 5.74) is 0.852. The van der Waals surface area contributed by atoms with Crippen LogP contribution in [-0.2, 0) is 10.0 Å². The smallest absolute Gasteiger partial charge is 0.231 e. The van der Waals surface area contributed by atoms with Crippen molar-refractivity contribution in [1.29, 1.82) is 0 Å². The first kappa shape index (κ1) is 12.5. The van der Waals surface area contributed by atoms with Gasteiger partial charge in [-0.25, -0.2) is 23.1 Å². The van der Waals surface area contributed by atoms with E-state index in [9.17, 15) is 8.42 Å². The number of hydrogen-bond acceptors (Lipinski definition) is 4. The van der Waals surface area contributed by atoms with Crippen molar-refractivity contribution in [3.05, 3.63) is 28.5 Å². The molecular formula is C9H7Cl2N3O2S. The number of aromatic nitrogens is 2. The SMILES string of the molecule is CNS(=O)(=O)c1ccc2nc(Cl)c(Cl)nc2c1. The van der Waals surface area contributed by atoms with Crippen LogP contribution in [-0.4, -0.2) is 25.4 Å². The highest BCUT2D eigenvalue weighted by atomic mass is 35.5. The minimum Gasteiger partial charge on any atom is -0.231 e. The second kappa shape index (κ2) is 4.38. The first-order valence-electron chi connectivity index (χ1n) is 4.50. The predicted octanol–water partition coefficient (Wildman–Crippen LogP) is 1.84. The molecule has 0 aliphatic carbocycles. The van der Waals surface area contributed by atoms with E-state index < -0.39 is 10.0 Å². The van der Waals surface area contributed by atoms with Crippen molar-refractivity contribution >= 4 is 44.3 Å². The van der Waals surface area contributed by atoms with Crippen molar-refractivity contribution in [3.63, 3.8) is 0 Å². The fourth-order valence-corrected chi connectivity index (χ4v) is 2.29. The number of halogens is 2. The second-order valence-electron chi connectivity index (χ2n) is 3.16. The van der Waals surface area contributed by atoms with E-state index >= 15 is 0 Å². The number of fused-ring (bicyclic) bond motifs is 1. The fourth-order valence-electron chi connectivity index (χ4n) is 1.28. The average Bonchev–Trinajstić information content (AvgIpc) is 2.30. The van der Waals surface area contributed by atoms with Gasteiger partial charge in [0.2, 0.25) is 10.0 Å². The van der Waals surface area contributed by atoms with E-state index in [-0.39, 0.29) is 15.2 Å². The fraction of sp³-hybridized carbons (Fsp3) is 0.111. The van der Waals surface area contributed by atoms with Gasteiger partial charge in [0.1, 0.15) is 0 Å². The minimum absolute atomic E-state index is 0.0400. The van der Waals surface area contributed by atoms with Gasteiger partial charge >= 0.3 is 0 Å². The van der Waals surface area contributed by atoms with Gasteiger partial charge in [-0.1, -0.05) is 23.2 Å². The first-order valence-corrected chi connectivity index (χ1v) is 6.74. The molecule has 17 heavy (non-hydrogen) atoms. The van der Waals surface area contributed by atoms with E-state index in [1.165, 1.54) is 25.2 Å². The Morgan fingerprint density at radius 2 is 1.71 bits per heavy atom. The lowest BCUT2D eigenvalue weighted by Gasteiger charge is -2.04. The number of benzene rings is 1. The van der Waals surface area contributed by atoms with Gasteiger partial charge in [-0.15, -0.1) is 0 Å². The molecule has 1 aromatic carbocycles. The van der Waals surface area contributed by atoms with Gasteiger partial charge < -0.3 is 0 Å². The second-order valence-corrected chi connectivity index (χ2v) is 5.77.